The van der Waals surface area contributed by atoms with Crippen LogP contribution >= 0.6 is 0 Å². The predicted octanol–water partition coefficient (Wildman–Crippen LogP) is 2.51. The van der Waals surface area contributed by atoms with Crippen LogP contribution in [0.15, 0.2) is 47.4 Å². The molecule has 0 spiro atoms. The summed E-state index contributed by atoms with van der Waals surface area (Å²) >= 11 is 0. The monoisotopic (exact) mass is 410 g/mol. The summed E-state index contributed by atoms with van der Waals surface area (Å²) < 4.78 is 59.0. The quantitative estimate of drug-likeness (QED) is 0.760. The first kappa shape index (κ1) is 20.2. The normalized spacial score (nSPS) is 15.5. The molecule has 28 heavy (non-hydrogen) atoms. The van der Waals surface area contributed by atoms with Crippen LogP contribution in [0.25, 0.3) is 0 Å². The number of ether oxygens (including phenoxy) is 1. The van der Waals surface area contributed by atoms with E-state index in [2.05, 4.69) is 0 Å². The van der Waals surface area contributed by atoms with E-state index >= 15 is 0 Å². The summed E-state index contributed by atoms with van der Waals surface area (Å²) in [5.74, 6) is -1.71. The van der Waals surface area contributed by atoms with Crippen molar-refractivity contribution >= 4 is 15.9 Å². The molecule has 0 radical (unpaired) electrons. The Morgan fingerprint density at radius 2 is 1.68 bits per heavy atom. The molecule has 150 valence electrons. The average Bonchev–Trinajstić information content (AvgIpc) is 2.68. The Morgan fingerprint density at radius 1 is 1.04 bits per heavy atom. The maximum Gasteiger partial charge on any atom is 0.256 e. The molecule has 0 bridgehead atoms. The molecular weight excluding hydrogens is 390 g/mol. The molecule has 2 aromatic carbocycles. The summed E-state index contributed by atoms with van der Waals surface area (Å²) in [6.45, 7) is 2.73. The summed E-state index contributed by atoms with van der Waals surface area (Å²) in [7, 11) is -3.71. The van der Waals surface area contributed by atoms with Crippen LogP contribution in [0.2, 0.25) is 0 Å². The zero-order chi connectivity index (χ0) is 20.3. The number of rotatable bonds is 5. The number of nitrogens with zero attached hydrogens (tertiary/aromatic N) is 2. The van der Waals surface area contributed by atoms with Crippen molar-refractivity contribution in [3.8, 4) is 5.75 Å². The van der Waals surface area contributed by atoms with Crippen LogP contribution < -0.4 is 4.74 Å². The fourth-order valence-corrected chi connectivity index (χ4v) is 4.41. The molecule has 6 nitrogen and oxygen atoms in total. The number of carbonyl (C=O) groups excluding carboxylic acids is 1. The Bertz CT molecular complexity index is 956. The standard InChI is InChI=1S/C19H20F2N2O4S/c1-2-27-15-4-6-16(7-5-15)28(25,26)23-11-9-22(10-12-23)19(24)17-8-3-14(20)13-18(17)21/h3-8,13H,2,9-12H2,1H3. The number of sulfonamides is 1. The van der Waals surface area contributed by atoms with Gasteiger partial charge in [-0.05, 0) is 43.3 Å². The minimum absolute atomic E-state index is 0.0874. The third-order valence-corrected chi connectivity index (χ3v) is 6.37. The van der Waals surface area contributed by atoms with Crippen molar-refractivity contribution in [3.63, 3.8) is 0 Å². The second-order valence-electron chi connectivity index (χ2n) is 6.22. The minimum Gasteiger partial charge on any atom is -0.494 e. The number of benzene rings is 2. The molecule has 1 saturated heterocycles. The molecule has 0 saturated carbocycles. The molecule has 3 rings (SSSR count). The van der Waals surface area contributed by atoms with Gasteiger partial charge in [-0.25, -0.2) is 17.2 Å². The van der Waals surface area contributed by atoms with Gasteiger partial charge in [0.2, 0.25) is 10.0 Å². The van der Waals surface area contributed by atoms with E-state index < -0.39 is 27.6 Å². The lowest BCUT2D eigenvalue weighted by Gasteiger charge is -2.34. The molecule has 0 aliphatic carbocycles. The van der Waals surface area contributed by atoms with Gasteiger partial charge in [0.25, 0.3) is 5.91 Å². The highest BCUT2D eigenvalue weighted by Crippen LogP contribution is 2.22. The molecule has 1 fully saturated rings. The Balaban J connectivity index is 1.67. The lowest BCUT2D eigenvalue weighted by Crippen LogP contribution is -2.50. The van der Waals surface area contributed by atoms with Crippen molar-refractivity contribution < 1.29 is 26.7 Å². The fourth-order valence-electron chi connectivity index (χ4n) is 2.99. The van der Waals surface area contributed by atoms with Gasteiger partial charge in [-0.2, -0.15) is 4.31 Å². The highest BCUT2D eigenvalue weighted by Gasteiger charge is 2.31. The van der Waals surface area contributed by atoms with Gasteiger partial charge in [0.05, 0.1) is 17.1 Å². The van der Waals surface area contributed by atoms with Crippen molar-refractivity contribution in [3.05, 3.63) is 59.7 Å². The molecule has 1 amide bonds. The minimum atomic E-state index is -3.71. The van der Waals surface area contributed by atoms with Crippen molar-refractivity contribution in [1.29, 1.82) is 0 Å². The van der Waals surface area contributed by atoms with Crippen LogP contribution in [0.1, 0.15) is 17.3 Å². The largest absolute Gasteiger partial charge is 0.494 e. The van der Waals surface area contributed by atoms with Crippen molar-refractivity contribution in [2.24, 2.45) is 0 Å². The van der Waals surface area contributed by atoms with Crippen molar-refractivity contribution in [2.45, 2.75) is 11.8 Å². The Labute approximate surface area is 162 Å². The molecule has 1 heterocycles. The van der Waals surface area contributed by atoms with E-state index in [1.165, 1.54) is 21.3 Å². The van der Waals surface area contributed by atoms with Gasteiger partial charge in [-0.15, -0.1) is 0 Å². The summed E-state index contributed by atoms with van der Waals surface area (Å²) in [4.78, 5) is 13.9. The van der Waals surface area contributed by atoms with E-state index in [1.807, 2.05) is 6.92 Å². The van der Waals surface area contributed by atoms with Crippen LogP contribution in [-0.4, -0.2) is 56.3 Å². The number of hydrogen-bond donors (Lipinski definition) is 0. The predicted molar refractivity (Wildman–Crippen MR) is 98.6 cm³/mol. The number of piperazine rings is 1. The van der Waals surface area contributed by atoms with Crippen molar-refractivity contribution in [1.82, 2.24) is 9.21 Å². The first-order chi connectivity index (χ1) is 13.3. The number of amides is 1. The zero-order valence-corrected chi connectivity index (χ0v) is 16.1. The Hall–Kier alpha value is -2.52. The average molecular weight is 410 g/mol. The SMILES string of the molecule is CCOc1ccc(S(=O)(=O)N2CCN(C(=O)c3ccc(F)cc3F)CC2)cc1. The van der Waals surface area contributed by atoms with Gasteiger partial charge in [-0.1, -0.05) is 0 Å². The Kier molecular flexibility index (Phi) is 5.95. The zero-order valence-electron chi connectivity index (χ0n) is 15.3. The van der Waals surface area contributed by atoms with E-state index in [9.17, 15) is 22.0 Å². The van der Waals surface area contributed by atoms with E-state index in [4.69, 9.17) is 4.74 Å². The van der Waals surface area contributed by atoms with Crippen LogP contribution in [0.3, 0.4) is 0 Å². The molecule has 2 aromatic rings. The second-order valence-corrected chi connectivity index (χ2v) is 8.16. The smallest absolute Gasteiger partial charge is 0.256 e. The lowest BCUT2D eigenvalue weighted by atomic mass is 10.1. The van der Waals surface area contributed by atoms with Gasteiger partial charge < -0.3 is 9.64 Å². The maximum atomic E-state index is 13.8. The van der Waals surface area contributed by atoms with Gasteiger partial charge in [0, 0.05) is 32.2 Å². The van der Waals surface area contributed by atoms with Crippen LogP contribution in [-0.2, 0) is 10.0 Å². The van der Waals surface area contributed by atoms with Crippen LogP contribution in [0.5, 0.6) is 5.75 Å². The third kappa shape index (κ3) is 4.15. The molecule has 1 aliphatic rings. The van der Waals surface area contributed by atoms with Gasteiger partial charge in [0.15, 0.2) is 0 Å². The molecular formula is C19H20F2N2O4S. The second kappa shape index (κ2) is 8.24. The first-order valence-corrected chi connectivity index (χ1v) is 10.2. The van der Waals surface area contributed by atoms with E-state index in [-0.39, 0.29) is 36.6 Å². The summed E-state index contributed by atoms with van der Waals surface area (Å²) in [6, 6.07) is 8.90. The van der Waals surface area contributed by atoms with E-state index in [0.717, 1.165) is 12.1 Å². The Morgan fingerprint density at radius 3 is 2.25 bits per heavy atom. The van der Waals surface area contributed by atoms with E-state index in [0.29, 0.717) is 18.4 Å². The summed E-state index contributed by atoms with van der Waals surface area (Å²) in [6.07, 6.45) is 0. The van der Waals surface area contributed by atoms with E-state index in [1.54, 1.807) is 12.1 Å². The highest BCUT2D eigenvalue weighted by atomic mass is 32.2. The fraction of sp³-hybridized carbons (Fsp3) is 0.316. The first-order valence-electron chi connectivity index (χ1n) is 8.80. The number of halogens is 2. The molecule has 0 N–H and O–H groups in total. The maximum absolute atomic E-state index is 13.8. The van der Waals surface area contributed by atoms with Gasteiger partial charge in [0.1, 0.15) is 17.4 Å². The van der Waals surface area contributed by atoms with Gasteiger partial charge in [-0.3, -0.25) is 4.79 Å². The molecule has 0 unspecified atom stereocenters. The number of hydrogen-bond acceptors (Lipinski definition) is 4. The number of carbonyl (C=O) groups is 1. The molecule has 9 heteroatoms. The summed E-state index contributed by atoms with van der Waals surface area (Å²) in [5, 5.41) is 0. The van der Waals surface area contributed by atoms with Crippen LogP contribution in [0, 0.1) is 11.6 Å². The highest BCUT2D eigenvalue weighted by molar-refractivity contribution is 7.89. The molecule has 0 atom stereocenters. The molecule has 0 aromatic heterocycles. The van der Waals surface area contributed by atoms with Gasteiger partial charge >= 0.3 is 0 Å². The molecule has 1 aliphatic heterocycles. The van der Waals surface area contributed by atoms with Crippen LogP contribution in [0.4, 0.5) is 8.78 Å². The topological polar surface area (TPSA) is 66.9 Å². The summed E-state index contributed by atoms with van der Waals surface area (Å²) in [5.41, 5.74) is -0.232. The lowest BCUT2D eigenvalue weighted by molar-refractivity contribution is 0.0693. The third-order valence-electron chi connectivity index (χ3n) is 4.46. The van der Waals surface area contributed by atoms with Crippen molar-refractivity contribution in [2.75, 3.05) is 32.8 Å².